The van der Waals surface area contributed by atoms with Crippen molar-refractivity contribution in [3.8, 4) is 0 Å². The molecule has 21 heavy (non-hydrogen) atoms. The van der Waals surface area contributed by atoms with Crippen LogP contribution in [0.1, 0.15) is 42.6 Å². The summed E-state index contributed by atoms with van der Waals surface area (Å²) in [5.41, 5.74) is 2.06. The van der Waals surface area contributed by atoms with Crippen LogP contribution in [0.5, 0.6) is 0 Å². The van der Waals surface area contributed by atoms with Crippen molar-refractivity contribution in [1.82, 2.24) is 9.55 Å². The highest BCUT2D eigenvalue weighted by atomic mass is 16.5. The summed E-state index contributed by atoms with van der Waals surface area (Å²) in [4.78, 5) is 26.8. The van der Waals surface area contributed by atoms with Gasteiger partial charge in [-0.25, -0.2) is 4.79 Å². The monoisotopic (exact) mass is 294 g/mol. The van der Waals surface area contributed by atoms with E-state index in [0.29, 0.717) is 18.7 Å². The van der Waals surface area contributed by atoms with Crippen molar-refractivity contribution in [2.45, 2.75) is 58.6 Å². The molecule has 1 N–H and O–H groups in total. The molecule has 0 aromatic carbocycles. The van der Waals surface area contributed by atoms with Crippen LogP contribution in [-0.4, -0.2) is 33.3 Å². The predicted molar refractivity (Wildman–Crippen MR) is 77.5 cm³/mol. The minimum atomic E-state index is -0.842. The lowest BCUT2D eigenvalue weighted by molar-refractivity contribution is -0.136. The number of nitrogens with zero attached hydrogens (tertiary/aromatic N) is 2. The smallest absolute Gasteiger partial charge is 0.347 e. The molecule has 0 amide bonds. The Morgan fingerprint density at radius 2 is 2.24 bits per heavy atom. The molecule has 0 spiro atoms. The lowest BCUT2D eigenvalue weighted by atomic mass is 10.1. The second-order valence-electron chi connectivity index (χ2n) is 5.51. The Morgan fingerprint density at radius 3 is 2.86 bits per heavy atom. The van der Waals surface area contributed by atoms with Crippen molar-refractivity contribution in [2.24, 2.45) is 0 Å². The highest BCUT2D eigenvalue weighted by molar-refractivity contribution is 5.67. The number of aliphatic carboxylic acids is 1. The average Bonchev–Trinajstić information content (AvgIpc) is 2.90. The fourth-order valence-corrected chi connectivity index (χ4v) is 2.84. The van der Waals surface area contributed by atoms with E-state index in [1.165, 1.54) is 0 Å². The van der Waals surface area contributed by atoms with Gasteiger partial charge in [-0.05, 0) is 45.1 Å². The van der Waals surface area contributed by atoms with E-state index in [0.717, 1.165) is 37.1 Å². The van der Waals surface area contributed by atoms with Gasteiger partial charge in [0.15, 0.2) is 0 Å². The van der Waals surface area contributed by atoms with E-state index in [-0.39, 0.29) is 18.2 Å². The van der Waals surface area contributed by atoms with Gasteiger partial charge >= 0.3 is 11.7 Å². The van der Waals surface area contributed by atoms with E-state index in [2.05, 4.69) is 4.98 Å². The predicted octanol–water partition coefficient (Wildman–Crippen LogP) is 1.45. The lowest BCUT2D eigenvalue weighted by Crippen LogP contribution is -2.29. The summed E-state index contributed by atoms with van der Waals surface area (Å²) >= 11 is 0. The van der Waals surface area contributed by atoms with Crippen molar-refractivity contribution in [2.75, 3.05) is 6.61 Å². The quantitative estimate of drug-likeness (QED) is 0.858. The third-order valence-electron chi connectivity index (χ3n) is 4.06. The first-order valence-corrected chi connectivity index (χ1v) is 7.39. The Labute approximate surface area is 123 Å². The van der Waals surface area contributed by atoms with E-state index >= 15 is 0 Å². The van der Waals surface area contributed by atoms with Gasteiger partial charge < -0.3 is 9.84 Å². The maximum absolute atomic E-state index is 12.1. The molecule has 116 valence electrons. The first-order valence-electron chi connectivity index (χ1n) is 7.39. The Kier molecular flexibility index (Phi) is 5.12. The Balaban J connectivity index is 2.17. The second kappa shape index (κ2) is 6.85. The van der Waals surface area contributed by atoms with Gasteiger partial charge in [-0.3, -0.25) is 9.36 Å². The molecule has 1 aromatic heterocycles. The number of ether oxygens (including phenoxy) is 1. The molecule has 6 nitrogen and oxygen atoms in total. The average molecular weight is 294 g/mol. The SMILES string of the molecule is Cc1nc(=O)n(CCC2CCCO2)c(C)c1CCC(=O)O. The lowest BCUT2D eigenvalue weighted by Gasteiger charge is -2.16. The minimum Gasteiger partial charge on any atom is -0.481 e. The second-order valence-corrected chi connectivity index (χ2v) is 5.51. The molecule has 1 saturated heterocycles. The van der Waals surface area contributed by atoms with Crippen LogP contribution in [-0.2, 0) is 22.5 Å². The molecular weight excluding hydrogens is 272 g/mol. The first kappa shape index (κ1) is 15.7. The van der Waals surface area contributed by atoms with Gasteiger partial charge in [0.05, 0.1) is 6.10 Å². The first-order chi connectivity index (χ1) is 9.99. The third kappa shape index (κ3) is 3.91. The number of hydrogen-bond acceptors (Lipinski definition) is 4. The summed E-state index contributed by atoms with van der Waals surface area (Å²) < 4.78 is 7.22. The van der Waals surface area contributed by atoms with Gasteiger partial charge in [-0.2, -0.15) is 4.98 Å². The van der Waals surface area contributed by atoms with Crippen LogP contribution in [0, 0.1) is 13.8 Å². The number of hydrogen-bond donors (Lipinski definition) is 1. The molecule has 0 saturated carbocycles. The molecule has 1 atom stereocenters. The van der Waals surface area contributed by atoms with Crippen molar-refractivity contribution in [3.05, 3.63) is 27.4 Å². The van der Waals surface area contributed by atoms with Crippen LogP contribution in [0.3, 0.4) is 0 Å². The van der Waals surface area contributed by atoms with Crippen molar-refractivity contribution in [1.29, 1.82) is 0 Å². The summed E-state index contributed by atoms with van der Waals surface area (Å²) in [6.07, 6.45) is 3.59. The number of aryl methyl sites for hydroxylation is 1. The van der Waals surface area contributed by atoms with Crippen LogP contribution < -0.4 is 5.69 Å². The fraction of sp³-hybridized carbons (Fsp3) is 0.667. The molecule has 1 aliphatic heterocycles. The zero-order valence-corrected chi connectivity index (χ0v) is 12.6. The molecule has 0 aliphatic carbocycles. The summed E-state index contributed by atoms with van der Waals surface area (Å²) in [7, 11) is 0. The maximum atomic E-state index is 12.1. The van der Waals surface area contributed by atoms with Crippen LogP contribution in [0.4, 0.5) is 0 Å². The Bertz CT molecular complexity index is 574. The number of carboxylic acids is 1. The van der Waals surface area contributed by atoms with E-state index in [9.17, 15) is 9.59 Å². The maximum Gasteiger partial charge on any atom is 0.347 e. The topological polar surface area (TPSA) is 81.4 Å². The van der Waals surface area contributed by atoms with E-state index in [1.807, 2.05) is 6.92 Å². The van der Waals surface area contributed by atoms with Crippen molar-refractivity contribution >= 4 is 5.97 Å². The zero-order valence-electron chi connectivity index (χ0n) is 12.6. The molecule has 6 heteroatoms. The van der Waals surface area contributed by atoms with Gasteiger partial charge in [0.25, 0.3) is 0 Å². The van der Waals surface area contributed by atoms with E-state index in [1.54, 1.807) is 11.5 Å². The van der Waals surface area contributed by atoms with Gasteiger partial charge in [0, 0.05) is 31.0 Å². The number of carbonyl (C=O) groups is 1. The molecule has 1 fully saturated rings. The fourth-order valence-electron chi connectivity index (χ4n) is 2.84. The van der Waals surface area contributed by atoms with E-state index in [4.69, 9.17) is 9.84 Å². The molecule has 0 radical (unpaired) electrons. The number of aromatic nitrogens is 2. The van der Waals surface area contributed by atoms with Crippen LogP contribution in [0.25, 0.3) is 0 Å². The van der Waals surface area contributed by atoms with Crippen LogP contribution >= 0.6 is 0 Å². The van der Waals surface area contributed by atoms with E-state index < -0.39 is 5.97 Å². The van der Waals surface area contributed by atoms with Gasteiger partial charge in [0.2, 0.25) is 0 Å². The summed E-state index contributed by atoms with van der Waals surface area (Å²) in [5, 5.41) is 8.82. The molecule has 2 rings (SSSR count). The Morgan fingerprint density at radius 1 is 1.48 bits per heavy atom. The highest BCUT2D eigenvalue weighted by Crippen LogP contribution is 2.17. The van der Waals surface area contributed by atoms with Gasteiger partial charge in [0.1, 0.15) is 0 Å². The van der Waals surface area contributed by atoms with Gasteiger partial charge in [-0.1, -0.05) is 0 Å². The zero-order chi connectivity index (χ0) is 15.4. The number of carboxylic acid groups (broad SMARTS) is 1. The van der Waals surface area contributed by atoms with Crippen LogP contribution in [0.2, 0.25) is 0 Å². The Hall–Kier alpha value is -1.69. The molecule has 1 aromatic rings. The highest BCUT2D eigenvalue weighted by Gasteiger charge is 2.17. The standard InChI is InChI=1S/C15H22N2O4/c1-10-13(5-6-14(18)19)11(2)17(15(20)16-10)8-7-12-4-3-9-21-12/h12H,3-9H2,1-2H3,(H,18,19). The molecule has 1 aliphatic rings. The largest absolute Gasteiger partial charge is 0.481 e. The summed E-state index contributed by atoms with van der Waals surface area (Å²) in [5.74, 6) is -0.842. The normalized spacial score (nSPS) is 18.1. The third-order valence-corrected chi connectivity index (χ3v) is 4.06. The molecular formula is C15H22N2O4. The number of rotatable bonds is 6. The van der Waals surface area contributed by atoms with Gasteiger partial charge in [-0.15, -0.1) is 0 Å². The minimum absolute atomic E-state index is 0.0489. The molecule has 2 heterocycles. The van der Waals surface area contributed by atoms with Crippen molar-refractivity contribution in [3.63, 3.8) is 0 Å². The summed E-state index contributed by atoms with van der Waals surface area (Å²) in [6.45, 7) is 5.00. The molecule has 1 unspecified atom stereocenters. The molecule has 0 bridgehead atoms. The van der Waals surface area contributed by atoms with Crippen LogP contribution in [0.15, 0.2) is 4.79 Å². The van der Waals surface area contributed by atoms with Crippen molar-refractivity contribution < 1.29 is 14.6 Å². The summed E-state index contributed by atoms with van der Waals surface area (Å²) in [6, 6.07) is 0.